The number of carbonyl (C=O) groups is 1. The van der Waals surface area contributed by atoms with Crippen molar-refractivity contribution in [3.8, 4) is 0 Å². The molecular formula is C15H18ClN3O. The predicted octanol–water partition coefficient (Wildman–Crippen LogP) is 2.95. The minimum atomic E-state index is 0.0145. The lowest BCUT2D eigenvalue weighted by Crippen LogP contribution is -2.09. The molecule has 0 atom stereocenters. The fourth-order valence-electron chi connectivity index (χ4n) is 2.12. The Balaban J connectivity index is 2.28. The maximum absolute atomic E-state index is 12.3. The monoisotopic (exact) mass is 291 g/mol. The molecular weight excluding hydrogens is 274 g/mol. The van der Waals surface area contributed by atoms with Crippen LogP contribution in [0.5, 0.6) is 0 Å². The number of Topliss-reactive ketones (excluding diaryl/α,β-unsaturated/α-hetero) is 1. The quantitative estimate of drug-likeness (QED) is 0.696. The maximum atomic E-state index is 12.3. The lowest BCUT2D eigenvalue weighted by atomic mass is 10.0. The molecule has 2 rings (SSSR count). The van der Waals surface area contributed by atoms with Crippen LogP contribution >= 0.6 is 11.6 Å². The molecule has 0 aliphatic heterocycles. The van der Waals surface area contributed by atoms with Crippen molar-refractivity contribution in [1.29, 1.82) is 0 Å². The summed E-state index contributed by atoms with van der Waals surface area (Å²) in [5.41, 5.74) is 9.58. The molecule has 1 aromatic heterocycles. The van der Waals surface area contributed by atoms with Crippen molar-refractivity contribution < 1.29 is 4.79 Å². The van der Waals surface area contributed by atoms with Crippen molar-refractivity contribution in [3.05, 3.63) is 45.7 Å². The lowest BCUT2D eigenvalue weighted by Gasteiger charge is -2.05. The van der Waals surface area contributed by atoms with Gasteiger partial charge in [0.25, 0.3) is 0 Å². The molecule has 1 aromatic carbocycles. The molecule has 2 N–H and O–H groups in total. The molecule has 4 nitrogen and oxygen atoms in total. The summed E-state index contributed by atoms with van der Waals surface area (Å²) in [6.07, 6.45) is 0.994. The summed E-state index contributed by atoms with van der Waals surface area (Å²) in [6, 6.07) is 5.31. The van der Waals surface area contributed by atoms with Crippen molar-refractivity contribution in [3.63, 3.8) is 0 Å². The summed E-state index contributed by atoms with van der Waals surface area (Å²) >= 11 is 6.26. The molecule has 0 aliphatic carbocycles. The van der Waals surface area contributed by atoms with Gasteiger partial charge in [-0.05, 0) is 37.1 Å². The second-order valence-electron chi connectivity index (χ2n) is 4.86. The third-order valence-electron chi connectivity index (χ3n) is 3.42. The number of nitrogens with two attached hydrogens (primary N) is 1. The van der Waals surface area contributed by atoms with E-state index in [0.717, 1.165) is 23.4 Å². The first-order valence-electron chi connectivity index (χ1n) is 6.53. The predicted molar refractivity (Wildman–Crippen MR) is 81.2 cm³/mol. The Labute approximate surface area is 123 Å². The number of benzene rings is 1. The average Bonchev–Trinajstić information content (AvgIpc) is 2.69. The van der Waals surface area contributed by atoms with Crippen LogP contribution in [0.4, 0.5) is 5.69 Å². The van der Waals surface area contributed by atoms with Gasteiger partial charge >= 0.3 is 0 Å². The summed E-state index contributed by atoms with van der Waals surface area (Å²) in [7, 11) is 1.81. The number of aryl methyl sites for hydroxylation is 3. The van der Waals surface area contributed by atoms with Gasteiger partial charge in [0.2, 0.25) is 0 Å². The standard InChI is InChI=1S/C15H18ClN3O/c1-4-12-15(16)13(19(3)18-12)8-14(20)10-5-6-11(17)9(2)7-10/h5-7H,4,8,17H2,1-3H3. The highest BCUT2D eigenvalue weighted by Gasteiger charge is 2.17. The lowest BCUT2D eigenvalue weighted by molar-refractivity contribution is 0.0990. The van der Waals surface area contributed by atoms with Gasteiger partial charge in [-0.1, -0.05) is 18.5 Å². The van der Waals surface area contributed by atoms with E-state index in [1.807, 2.05) is 27.0 Å². The van der Waals surface area contributed by atoms with E-state index in [4.69, 9.17) is 17.3 Å². The molecule has 20 heavy (non-hydrogen) atoms. The Kier molecular flexibility index (Phi) is 4.14. The summed E-state index contributed by atoms with van der Waals surface area (Å²) in [4.78, 5) is 12.3. The molecule has 0 unspecified atom stereocenters. The van der Waals surface area contributed by atoms with E-state index in [9.17, 15) is 4.79 Å². The highest BCUT2D eigenvalue weighted by molar-refractivity contribution is 6.32. The van der Waals surface area contributed by atoms with Crippen LogP contribution in [0.1, 0.15) is 34.2 Å². The third kappa shape index (κ3) is 2.70. The smallest absolute Gasteiger partial charge is 0.168 e. The van der Waals surface area contributed by atoms with Gasteiger partial charge in [0.05, 0.1) is 22.8 Å². The van der Waals surface area contributed by atoms with Crippen molar-refractivity contribution in [2.45, 2.75) is 26.7 Å². The average molecular weight is 292 g/mol. The van der Waals surface area contributed by atoms with Crippen LogP contribution in [0.2, 0.25) is 5.02 Å². The molecule has 0 bridgehead atoms. The van der Waals surface area contributed by atoms with Crippen LogP contribution in [0.3, 0.4) is 0 Å². The zero-order valence-electron chi connectivity index (χ0n) is 11.9. The van der Waals surface area contributed by atoms with Gasteiger partial charge in [0, 0.05) is 18.3 Å². The first-order valence-corrected chi connectivity index (χ1v) is 6.91. The van der Waals surface area contributed by atoms with Crippen molar-refractivity contribution >= 4 is 23.1 Å². The van der Waals surface area contributed by atoms with Crippen molar-refractivity contribution in [2.24, 2.45) is 7.05 Å². The zero-order valence-corrected chi connectivity index (χ0v) is 12.7. The second-order valence-corrected chi connectivity index (χ2v) is 5.23. The molecule has 5 heteroatoms. The number of halogens is 1. The summed E-state index contributed by atoms with van der Waals surface area (Å²) in [5, 5.41) is 4.91. The minimum Gasteiger partial charge on any atom is -0.399 e. The Morgan fingerprint density at radius 2 is 2.15 bits per heavy atom. The van der Waals surface area contributed by atoms with E-state index in [2.05, 4.69) is 5.10 Å². The number of aromatic nitrogens is 2. The summed E-state index contributed by atoms with van der Waals surface area (Å²) in [6.45, 7) is 3.88. The van der Waals surface area contributed by atoms with Crippen LogP contribution < -0.4 is 5.73 Å². The van der Waals surface area contributed by atoms with E-state index >= 15 is 0 Å². The third-order valence-corrected chi connectivity index (χ3v) is 3.86. The van der Waals surface area contributed by atoms with Gasteiger partial charge < -0.3 is 5.73 Å². The number of ketones is 1. The van der Waals surface area contributed by atoms with E-state index in [1.54, 1.807) is 16.8 Å². The van der Waals surface area contributed by atoms with E-state index in [-0.39, 0.29) is 12.2 Å². The molecule has 0 fully saturated rings. The Morgan fingerprint density at radius 1 is 1.45 bits per heavy atom. The zero-order chi connectivity index (χ0) is 14.9. The maximum Gasteiger partial charge on any atom is 0.168 e. The van der Waals surface area contributed by atoms with Crippen molar-refractivity contribution in [1.82, 2.24) is 9.78 Å². The van der Waals surface area contributed by atoms with Gasteiger partial charge in [-0.15, -0.1) is 0 Å². The molecule has 0 amide bonds. The van der Waals surface area contributed by atoms with Crippen LogP contribution in [-0.4, -0.2) is 15.6 Å². The number of anilines is 1. The van der Waals surface area contributed by atoms with Gasteiger partial charge in [-0.3, -0.25) is 9.48 Å². The molecule has 0 saturated carbocycles. The van der Waals surface area contributed by atoms with E-state index in [1.165, 1.54) is 0 Å². The SMILES string of the molecule is CCc1nn(C)c(CC(=O)c2ccc(N)c(C)c2)c1Cl. The summed E-state index contributed by atoms with van der Waals surface area (Å²) < 4.78 is 1.68. The normalized spacial score (nSPS) is 10.8. The molecule has 0 saturated heterocycles. The molecule has 106 valence electrons. The number of hydrogen-bond donors (Lipinski definition) is 1. The fourth-order valence-corrected chi connectivity index (χ4v) is 2.48. The van der Waals surface area contributed by atoms with E-state index in [0.29, 0.717) is 16.3 Å². The van der Waals surface area contributed by atoms with E-state index < -0.39 is 0 Å². The fraction of sp³-hybridized carbons (Fsp3) is 0.333. The van der Waals surface area contributed by atoms with Gasteiger partial charge in [-0.25, -0.2) is 0 Å². The van der Waals surface area contributed by atoms with Gasteiger partial charge in [0.1, 0.15) is 0 Å². The molecule has 1 heterocycles. The number of carbonyl (C=O) groups excluding carboxylic acids is 1. The number of rotatable bonds is 4. The number of nitrogens with zero attached hydrogens (tertiary/aromatic N) is 2. The second kappa shape index (κ2) is 5.67. The number of nitrogen functional groups attached to an aromatic ring is 1. The topological polar surface area (TPSA) is 60.9 Å². The summed E-state index contributed by atoms with van der Waals surface area (Å²) in [5.74, 6) is 0.0145. The first-order chi connectivity index (χ1) is 9.43. The molecule has 2 aromatic rings. The van der Waals surface area contributed by atoms with Gasteiger partial charge in [0.15, 0.2) is 5.78 Å². The van der Waals surface area contributed by atoms with Crippen LogP contribution in [0, 0.1) is 6.92 Å². The Bertz CT molecular complexity index is 661. The van der Waals surface area contributed by atoms with Gasteiger partial charge in [-0.2, -0.15) is 5.10 Å². The van der Waals surface area contributed by atoms with Crippen LogP contribution in [-0.2, 0) is 19.9 Å². The highest BCUT2D eigenvalue weighted by atomic mass is 35.5. The van der Waals surface area contributed by atoms with Crippen LogP contribution in [0.15, 0.2) is 18.2 Å². The Morgan fingerprint density at radius 3 is 2.70 bits per heavy atom. The highest BCUT2D eigenvalue weighted by Crippen LogP contribution is 2.23. The number of hydrogen-bond acceptors (Lipinski definition) is 3. The first kappa shape index (κ1) is 14.6. The minimum absolute atomic E-state index is 0.0145. The molecule has 0 radical (unpaired) electrons. The largest absolute Gasteiger partial charge is 0.399 e. The molecule has 0 aliphatic rings. The van der Waals surface area contributed by atoms with Crippen molar-refractivity contribution in [2.75, 3.05) is 5.73 Å². The molecule has 0 spiro atoms. The Hall–Kier alpha value is -1.81. The van der Waals surface area contributed by atoms with Crippen LogP contribution in [0.25, 0.3) is 0 Å².